The summed E-state index contributed by atoms with van der Waals surface area (Å²) >= 11 is 0. The summed E-state index contributed by atoms with van der Waals surface area (Å²) in [5, 5.41) is 12.6. The van der Waals surface area contributed by atoms with Crippen LogP contribution in [0.5, 0.6) is 0 Å². The van der Waals surface area contributed by atoms with Gasteiger partial charge in [0.2, 0.25) is 0 Å². The Bertz CT molecular complexity index is 476. The van der Waals surface area contributed by atoms with E-state index in [0.29, 0.717) is 11.3 Å². The van der Waals surface area contributed by atoms with Gasteiger partial charge in [-0.3, -0.25) is 0 Å². The van der Waals surface area contributed by atoms with Crippen LogP contribution < -0.4 is 0 Å². The third-order valence-electron chi connectivity index (χ3n) is 1.69. The standard InChI is InChI=1S/C7H6N4O2/c1-4-2-8-7-9-3-10-11(7)5(4)6(12)13/h2-3H,1H3,(H,12,13). The van der Waals surface area contributed by atoms with E-state index in [9.17, 15) is 4.79 Å². The summed E-state index contributed by atoms with van der Waals surface area (Å²) in [6.45, 7) is 1.66. The largest absolute Gasteiger partial charge is 0.476 e. The number of aromatic carboxylic acids is 1. The molecule has 0 aromatic carbocycles. The van der Waals surface area contributed by atoms with E-state index in [1.165, 1.54) is 17.0 Å². The smallest absolute Gasteiger partial charge is 0.355 e. The van der Waals surface area contributed by atoms with E-state index in [-0.39, 0.29) is 5.69 Å². The van der Waals surface area contributed by atoms with Crippen LogP contribution in [0.15, 0.2) is 12.5 Å². The van der Waals surface area contributed by atoms with Crippen molar-refractivity contribution in [2.75, 3.05) is 0 Å². The van der Waals surface area contributed by atoms with Gasteiger partial charge in [-0.15, -0.1) is 0 Å². The van der Waals surface area contributed by atoms with Gasteiger partial charge in [-0.1, -0.05) is 0 Å². The number of fused-ring (bicyclic) bond motifs is 1. The van der Waals surface area contributed by atoms with E-state index in [1.807, 2.05) is 0 Å². The monoisotopic (exact) mass is 178 g/mol. The van der Waals surface area contributed by atoms with Crippen LogP contribution in [-0.4, -0.2) is 30.7 Å². The Morgan fingerprint density at radius 3 is 3.00 bits per heavy atom. The molecule has 6 heteroatoms. The van der Waals surface area contributed by atoms with Crippen molar-refractivity contribution < 1.29 is 9.90 Å². The third-order valence-corrected chi connectivity index (χ3v) is 1.69. The van der Waals surface area contributed by atoms with Crippen LogP contribution in [0, 0.1) is 6.92 Å². The van der Waals surface area contributed by atoms with Crippen molar-refractivity contribution in [2.45, 2.75) is 6.92 Å². The molecule has 0 saturated heterocycles. The van der Waals surface area contributed by atoms with Gasteiger partial charge in [0, 0.05) is 11.8 Å². The molecule has 0 fully saturated rings. The number of rotatable bonds is 1. The fourth-order valence-electron chi connectivity index (χ4n) is 1.12. The molecule has 0 aliphatic rings. The van der Waals surface area contributed by atoms with E-state index < -0.39 is 5.97 Å². The minimum Gasteiger partial charge on any atom is -0.476 e. The third kappa shape index (κ3) is 1.03. The maximum atomic E-state index is 10.8. The summed E-state index contributed by atoms with van der Waals surface area (Å²) in [5.74, 6) is -0.738. The molecule has 0 unspecified atom stereocenters. The van der Waals surface area contributed by atoms with Crippen molar-refractivity contribution in [2.24, 2.45) is 0 Å². The molecule has 0 saturated carbocycles. The highest BCUT2D eigenvalue weighted by molar-refractivity contribution is 5.87. The number of hydrogen-bond donors (Lipinski definition) is 1. The van der Waals surface area contributed by atoms with Gasteiger partial charge < -0.3 is 5.11 Å². The van der Waals surface area contributed by atoms with Crippen LogP contribution >= 0.6 is 0 Å². The van der Waals surface area contributed by atoms with E-state index >= 15 is 0 Å². The van der Waals surface area contributed by atoms with Crippen molar-refractivity contribution in [1.82, 2.24) is 19.6 Å². The number of aromatic nitrogens is 4. The van der Waals surface area contributed by atoms with Gasteiger partial charge in [-0.25, -0.2) is 9.78 Å². The van der Waals surface area contributed by atoms with E-state index in [2.05, 4.69) is 15.1 Å². The predicted octanol–water partition coefficient (Wildman–Crippen LogP) is 0.131. The first-order chi connectivity index (χ1) is 6.20. The lowest BCUT2D eigenvalue weighted by molar-refractivity contribution is 0.0686. The maximum Gasteiger partial charge on any atom is 0.355 e. The molecule has 1 N–H and O–H groups in total. The molecule has 2 rings (SSSR count). The van der Waals surface area contributed by atoms with Crippen LogP contribution in [0.2, 0.25) is 0 Å². The van der Waals surface area contributed by atoms with Crippen LogP contribution in [0.25, 0.3) is 5.78 Å². The molecule has 0 aliphatic heterocycles. The normalized spacial score (nSPS) is 10.5. The van der Waals surface area contributed by atoms with Crippen molar-refractivity contribution in [3.8, 4) is 0 Å². The number of nitrogens with zero attached hydrogens (tertiary/aromatic N) is 4. The molecule has 66 valence electrons. The minimum atomic E-state index is -1.03. The quantitative estimate of drug-likeness (QED) is 0.671. The van der Waals surface area contributed by atoms with Crippen molar-refractivity contribution >= 4 is 11.7 Å². The zero-order chi connectivity index (χ0) is 9.42. The van der Waals surface area contributed by atoms with Crippen molar-refractivity contribution in [3.63, 3.8) is 0 Å². The number of aryl methyl sites for hydroxylation is 1. The second-order valence-electron chi connectivity index (χ2n) is 2.57. The Balaban J connectivity index is 2.88. The average molecular weight is 178 g/mol. The zero-order valence-corrected chi connectivity index (χ0v) is 6.80. The molecule has 0 bridgehead atoms. The van der Waals surface area contributed by atoms with Gasteiger partial charge in [-0.2, -0.15) is 14.6 Å². The summed E-state index contributed by atoms with van der Waals surface area (Å²) < 4.78 is 1.21. The minimum absolute atomic E-state index is 0.0995. The molecule has 2 aromatic heterocycles. The van der Waals surface area contributed by atoms with E-state index in [1.54, 1.807) is 6.92 Å². The lowest BCUT2D eigenvalue weighted by Crippen LogP contribution is -2.09. The Morgan fingerprint density at radius 2 is 2.31 bits per heavy atom. The number of carboxylic acids is 1. The highest BCUT2D eigenvalue weighted by Gasteiger charge is 2.13. The number of carboxylic acid groups (broad SMARTS) is 1. The van der Waals surface area contributed by atoms with Gasteiger partial charge in [0.1, 0.15) is 6.33 Å². The molecule has 13 heavy (non-hydrogen) atoms. The Hall–Kier alpha value is -1.98. The van der Waals surface area contributed by atoms with Crippen LogP contribution in [0.4, 0.5) is 0 Å². The van der Waals surface area contributed by atoms with Crippen LogP contribution in [0.3, 0.4) is 0 Å². The molecular formula is C7H6N4O2. The molecule has 0 spiro atoms. The van der Waals surface area contributed by atoms with Gasteiger partial charge in [0.05, 0.1) is 0 Å². The van der Waals surface area contributed by atoms with Crippen LogP contribution in [0.1, 0.15) is 16.1 Å². The summed E-state index contributed by atoms with van der Waals surface area (Å²) in [6.07, 6.45) is 2.74. The van der Waals surface area contributed by atoms with Gasteiger partial charge in [0.15, 0.2) is 5.69 Å². The summed E-state index contributed by atoms with van der Waals surface area (Å²) in [4.78, 5) is 18.5. The van der Waals surface area contributed by atoms with Gasteiger partial charge in [0.25, 0.3) is 5.78 Å². The number of hydrogen-bond acceptors (Lipinski definition) is 4. The predicted molar refractivity (Wildman–Crippen MR) is 42.5 cm³/mol. The topological polar surface area (TPSA) is 80.4 Å². The van der Waals surface area contributed by atoms with Crippen molar-refractivity contribution in [1.29, 1.82) is 0 Å². The molecule has 2 heterocycles. The van der Waals surface area contributed by atoms with E-state index in [4.69, 9.17) is 5.11 Å². The fourth-order valence-corrected chi connectivity index (χ4v) is 1.12. The fraction of sp³-hybridized carbons (Fsp3) is 0.143. The molecule has 6 nitrogen and oxygen atoms in total. The van der Waals surface area contributed by atoms with E-state index in [0.717, 1.165) is 0 Å². The molecule has 0 aliphatic carbocycles. The first-order valence-corrected chi connectivity index (χ1v) is 3.59. The van der Waals surface area contributed by atoms with Crippen molar-refractivity contribution in [3.05, 3.63) is 23.8 Å². The highest BCUT2D eigenvalue weighted by Crippen LogP contribution is 2.06. The zero-order valence-electron chi connectivity index (χ0n) is 6.80. The summed E-state index contributed by atoms with van der Waals surface area (Å²) in [5.41, 5.74) is 0.660. The first-order valence-electron chi connectivity index (χ1n) is 3.59. The Kier molecular flexibility index (Phi) is 1.48. The van der Waals surface area contributed by atoms with Gasteiger partial charge >= 0.3 is 5.97 Å². The SMILES string of the molecule is Cc1cnc2ncnn2c1C(=O)O. The summed E-state index contributed by atoms with van der Waals surface area (Å²) in [6, 6.07) is 0. The Morgan fingerprint density at radius 1 is 1.54 bits per heavy atom. The molecule has 0 atom stereocenters. The lowest BCUT2D eigenvalue weighted by Gasteiger charge is -2.00. The summed E-state index contributed by atoms with van der Waals surface area (Å²) in [7, 11) is 0. The second kappa shape index (κ2) is 2.51. The number of carbonyl (C=O) groups is 1. The van der Waals surface area contributed by atoms with Crippen LogP contribution in [-0.2, 0) is 0 Å². The maximum absolute atomic E-state index is 10.8. The average Bonchev–Trinajstić information content (AvgIpc) is 2.50. The lowest BCUT2D eigenvalue weighted by atomic mass is 10.2. The highest BCUT2D eigenvalue weighted by atomic mass is 16.4. The first kappa shape index (κ1) is 7.66. The molecule has 2 aromatic rings. The molecular weight excluding hydrogens is 172 g/mol. The van der Waals surface area contributed by atoms with Gasteiger partial charge in [-0.05, 0) is 6.92 Å². The molecule has 0 radical (unpaired) electrons. The molecule has 0 amide bonds. The second-order valence-corrected chi connectivity index (χ2v) is 2.57. The Labute approximate surface area is 72.9 Å².